The lowest BCUT2D eigenvalue weighted by molar-refractivity contribution is 0.249. The highest BCUT2D eigenvalue weighted by molar-refractivity contribution is 6.42. The van der Waals surface area contributed by atoms with E-state index in [-0.39, 0.29) is 0 Å². The minimum atomic E-state index is 0.316. The molecule has 1 aromatic carbocycles. The molecular weight excluding hydrogens is 289 g/mol. The van der Waals surface area contributed by atoms with Crippen LogP contribution in [0.25, 0.3) is 0 Å². The molecule has 112 valence electrons. The van der Waals surface area contributed by atoms with Crippen LogP contribution in [-0.2, 0) is 0 Å². The molecule has 0 aliphatic heterocycles. The molecule has 0 bridgehead atoms. The lowest BCUT2D eigenvalue weighted by atomic mass is 9.82. The van der Waals surface area contributed by atoms with E-state index in [1.807, 2.05) is 12.1 Å². The van der Waals surface area contributed by atoms with Crippen LogP contribution in [0.1, 0.15) is 64.0 Å². The Morgan fingerprint density at radius 1 is 1.15 bits per heavy atom. The van der Waals surface area contributed by atoms with Crippen molar-refractivity contribution in [3.8, 4) is 0 Å². The first-order chi connectivity index (χ1) is 9.61. The van der Waals surface area contributed by atoms with Crippen molar-refractivity contribution in [3.63, 3.8) is 0 Å². The first kappa shape index (κ1) is 16.1. The van der Waals surface area contributed by atoms with Gasteiger partial charge in [-0.2, -0.15) is 0 Å². The van der Waals surface area contributed by atoms with Crippen molar-refractivity contribution in [3.05, 3.63) is 33.8 Å². The van der Waals surface area contributed by atoms with Crippen LogP contribution in [0.4, 0.5) is 0 Å². The predicted octanol–water partition coefficient (Wildman–Crippen LogP) is 6.00. The minimum absolute atomic E-state index is 0.316. The largest absolute Gasteiger partial charge is 0.307 e. The average Bonchev–Trinajstić information content (AvgIpc) is 2.48. The van der Waals surface area contributed by atoms with E-state index < -0.39 is 0 Å². The van der Waals surface area contributed by atoms with E-state index in [1.54, 1.807) is 0 Å². The fraction of sp³-hybridized carbons (Fsp3) is 0.647. The van der Waals surface area contributed by atoms with E-state index in [9.17, 15) is 0 Å². The van der Waals surface area contributed by atoms with Crippen molar-refractivity contribution in [2.75, 3.05) is 0 Å². The first-order valence-electron chi connectivity index (χ1n) is 7.82. The zero-order valence-corrected chi connectivity index (χ0v) is 14.0. The zero-order valence-electron chi connectivity index (χ0n) is 12.5. The van der Waals surface area contributed by atoms with Crippen LogP contribution in [0, 0.1) is 5.92 Å². The fourth-order valence-corrected chi connectivity index (χ4v) is 3.63. The van der Waals surface area contributed by atoms with Gasteiger partial charge in [-0.1, -0.05) is 55.5 Å². The second-order valence-electron chi connectivity index (χ2n) is 5.97. The van der Waals surface area contributed by atoms with Crippen LogP contribution >= 0.6 is 23.2 Å². The summed E-state index contributed by atoms with van der Waals surface area (Å²) in [6.45, 7) is 4.50. The second kappa shape index (κ2) is 7.68. The highest BCUT2D eigenvalue weighted by atomic mass is 35.5. The van der Waals surface area contributed by atoms with Crippen molar-refractivity contribution < 1.29 is 0 Å². The summed E-state index contributed by atoms with van der Waals surface area (Å²) in [7, 11) is 0. The first-order valence-corrected chi connectivity index (χ1v) is 8.58. The molecule has 0 spiro atoms. The van der Waals surface area contributed by atoms with Gasteiger partial charge in [0, 0.05) is 12.1 Å². The number of benzene rings is 1. The summed E-state index contributed by atoms with van der Waals surface area (Å²) in [6, 6.07) is 6.87. The summed E-state index contributed by atoms with van der Waals surface area (Å²) in [6.07, 6.45) is 8.14. The third-order valence-corrected chi connectivity index (χ3v) is 5.31. The van der Waals surface area contributed by atoms with Crippen molar-refractivity contribution in [1.29, 1.82) is 0 Å². The highest BCUT2D eigenvalue weighted by Crippen LogP contribution is 2.30. The molecule has 0 saturated heterocycles. The summed E-state index contributed by atoms with van der Waals surface area (Å²) in [4.78, 5) is 0. The maximum absolute atomic E-state index is 6.12. The molecule has 0 aromatic heterocycles. The number of hydrogen-bond acceptors (Lipinski definition) is 1. The van der Waals surface area contributed by atoms with Crippen LogP contribution in [-0.4, -0.2) is 6.04 Å². The lowest BCUT2D eigenvalue weighted by Gasteiger charge is -2.32. The molecule has 0 amide bonds. The monoisotopic (exact) mass is 313 g/mol. The van der Waals surface area contributed by atoms with Gasteiger partial charge < -0.3 is 5.32 Å². The zero-order chi connectivity index (χ0) is 14.5. The van der Waals surface area contributed by atoms with Crippen molar-refractivity contribution in [2.45, 2.75) is 64.5 Å². The molecule has 0 heterocycles. The SMILES string of the molecule is CCC(NC(C)c1ccc(Cl)c(Cl)c1)C1CCCCC1. The fourth-order valence-electron chi connectivity index (χ4n) is 3.32. The Morgan fingerprint density at radius 3 is 2.45 bits per heavy atom. The number of halogens is 2. The van der Waals surface area contributed by atoms with Gasteiger partial charge in [-0.3, -0.25) is 0 Å². The van der Waals surface area contributed by atoms with E-state index >= 15 is 0 Å². The van der Waals surface area contributed by atoms with Gasteiger partial charge in [0.2, 0.25) is 0 Å². The lowest BCUT2D eigenvalue weighted by Crippen LogP contribution is -2.38. The van der Waals surface area contributed by atoms with Crippen molar-refractivity contribution in [2.24, 2.45) is 5.92 Å². The molecular formula is C17H25Cl2N. The average molecular weight is 314 g/mol. The maximum Gasteiger partial charge on any atom is 0.0595 e. The van der Waals surface area contributed by atoms with Crippen molar-refractivity contribution in [1.82, 2.24) is 5.32 Å². The minimum Gasteiger partial charge on any atom is -0.307 e. The maximum atomic E-state index is 6.12. The van der Waals surface area contributed by atoms with Gasteiger partial charge in [0.15, 0.2) is 0 Å². The van der Waals surface area contributed by atoms with Crippen LogP contribution in [0.2, 0.25) is 10.0 Å². The van der Waals surface area contributed by atoms with Gasteiger partial charge in [-0.25, -0.2) is 0 Å². The van der Waals surface area contributed by atoms with Gasteiger partial charge in [0.25, 0.3) is 0 Å². The molecule has 1 N–H and O–H groups in total. The summed E-state index contributed by atoms with van der Waals surface area (Å²) >= 11 is 12.1. The Bertz CT molecular complexity index is 427. The number of nitrogens with one attached hydrogen (secondary N) is 1. The van der Waals surface area contributed by atoms with Crippen LogP contribution in [0.5, 0.6) is 0 Å². The smallest absolute Gasteiger partial charge is 0.0595 e. The molecule has 1 aliphatic rings. The quantitative estimate of drug-likeness (QED) is 0.702. The second-order valence-corrected chi connectivity index (χ2v) is 6.79. The van der Waals surface area contributed by atoms with Crippen LogP contribution < -0.4 is 5.32 Å². The molecule has 20 heavy (non-hydrogen) atoms. The summed E-state index contributed by atoms with van der Waals surface area (Å²) < 4.78 is 0. The third kappa shape index (κ3) is 4.13. The molecule has 2 atom stereocenters. The molecule has 1 saturated carbocycles. The van der Waals surface area contributed by atoms with E-state index in [0.717, 1.165) is 5.92 Å². The number of rotatable bonds is 5. The van der Waals surface area contributed by atoms with Gasteiger partial charge >= 0.3 is 0 Å². The van der Waals surface area contributed by atoms with Crippen molar-refractivity contribution >= 4 is 23.2 Å². The summed E-state index contributed by atoms with van der Waals surface area (Å²) in [5.74, 6) is 0.832. The molecule has 1 aromatic rings. The molecule has 3 heteroatoms. The molecule has 1 nitrogen and oxygen atoms in total. The van der Waals surface area contributed by atoms with Crippen LogP contribution in [0.3, 0.4) is 0 Å². The summed E-state index contributed by atoms with van der Waals surface area (Å²) in [5, 5.41) is 5.07. The summed E-state index contributed by atoms with van der Waals surface area (Å²) in [5.41, 5.74) is 1.22. The Balaban J connectivity index is 2.00. The number of hydrogen-bond donors (Lipinski definition) is 1. The Morgan fingerprint density at radius 2 is 1.85 bits per heavy atom. The highest BCUT2D eigenvalue weighted by Gasteiger charge is 2.23. The standard InChI is InChI=1S/C17H25Cl2N/c1-3-17(13-7-5-4-6-8-13)20-12(2)14-9-10-15(18)16(19)11-14/h9-13,17,20H,3-8H2,1-2H3. The predicted molar refractivity (Wildman–Crippen MR) is 88.7 cm³/mol. The molecule has 0 radical (unpaired) electrons. The van der Waals surface area contributed by atoms with E-state index in [2.05, 4.69) is 25.2 Å². The molecule has 1 aliphatic carbocycles. The Kier molecular flexibility index (Phi) is 6.20. The topological polar surface area (TPSA) is 12.0 Å². The van der Waals surface area contributed by atoms with E-state index in [4.69, 9.17) is 23.2 Å². The molecule has 2 unspecified atom stereocenters. The van der Waals surface area contributed by atoms with E-state index in [1.165, 1.54) is 44.1 Å². The van der Waals surface area contributed by atoms with Gasteiger partial charge in [-0.05, 0) is 49.8 Å². The molecule has 1 fully saturated rings. The van der Waals surface area contributed by atoms with Gasteiger partial charge in [-0.15, -0.1) is 0 Å². The normalized spacial score (nSPS) is 19.8. The Hall–Kier alpha value is -0.240. The van der Waals surface area contributed by atoms with Gasteiger partial charge in [0.05, 0.1) is 10.0 Å². The third-order valence-electron chi connectivity index (χ3n) is 4.57. The van der Waals surface area contributed by atoms with Gasteiger partial charge in [0.1, 0.15) is 0 Å². The Labute approximate surface area is 133 Å². The van der Waals surface area contributed by atoms with E-state index in [0.29, 0.717) is 22.1 Å². The van der Waals surface area contributed by atoms with Crippen LogP contribution in [0.15, 0.2) is 18.2 Å². The molecule has 2 rings (SSSR count).